The van der Waals surface area contributed by atoms with Gasteiger partial charge in [0.15, 0.2) is 5.13 Å². The van der Waals surface area contributed by atoms with Gasteiger partial charge in [0.2, 0.25) is 0 Å². The lowest BCUT2D eigenvalue weighted by molar-refractivity contribution is 0.247. The molecule has 1 aliphatic carbocycles. The summed E-state index contributed by atoms with van der Waals surface area (Å²) < 4.78 is 0. The number of rotatable bonds is 4. The van der Waals surface area contributed by atoms with Crippen molar-refractivity contribution < 1.29 is 4.79 Å². The Hall–Kier alpha value is -1.92. The highest BCUT2D eigenvalue weighted by Crippen LogP contribution is 2.29. The van der Waals surface area contributed by atoms with Crippen LogP contribution in [0.4, 0.5) is 9.93 Å². The summed E-state index contributed by atoms with van der Waals surface area (Å²) in [7, 11) is 0. The molecular formula is C20H26N4OS. The van der Waals surface area contributed by atoms with Gasteiger partial charge in [-0.05, 0) is 25.3 Å². The van der Waals surface area contributed by atoms with Gasteiger partial charge >= 0.3 is 6.03 Å². The highest BCUT2D eigenvalue weighted by Gasteiger charge is 2.22. The Morgan fingerprint density at radius 1 is 1.27 bits per heavy atom. The van der Waals surface area contributed by atoms with Crippen LogP contribution in [0.5, 0.6) is 0 Å². The molecule has 2 aliphatic rings. The monoisotopic (exact) mass is 370 g/mol. The molecular weight excluding hydrogens is 344 g/mol. The minimum absolute atomic E-state index is 0.112. The molecule has 5 nitrogen and oxygen atoms in total. The maximum Gasteiger partial charge on any atom is 0.321 e. The van der Waals surface area contributed by atoms with Gasteiger partial charge in [-0.3, -0.25) is 10.2 Å². The van der Waals surface area contributed by atoms with E-state index in [9.17, 15) is 4.79 Å². The summed E-state index contributed by atoms with van der Waals surface area (Å²) >= 11 is 1.61. The minimum Gasteiger partial charge on any atom is -0.335 e. The molecule has 0 bridgehead atoms. The predicted octanol–water partition coefficient (Wildman–Crippen LogP) is 4.07. The Bertz CT molecular complexity index is 765. The number of benzene rings is 1. The number of nitrogens with zero attached hydrogens (tertiary/aromatic N) is 2. The normalized spacial score (nSPS) is 17.9. The Labute approximate surface area is 158 Å². The second-order valence-electron chi connectivity index (χ2n) is 7.41. The van der Waals surface area contributed by atoms with Crippen LogP contribution in [-0.2, 0) is 19.5 Å². The molecule has 6 heteroatoms. The molecule has 2 amide bonds. The van der Waals surface area contributed by atoms with Crippen LogP contribution in [-0.4, -0.2) is 28.5 Å². The van der Waals surface area contributed by atoms with E-state index in [-0.39, 0.29) is 6.03 Å². The first-order valence-electron chi connectivity index (χ1n) is 9.50. The van der Waals surface area contributed by atoms with Crippen molar-refractivity contribution in [2.45, 2.75) is 58.2 Å². The number of amides is 2. The molecule has 26 heavy (non-hydrogen) atoms. The van der Waals surface area contributed by atoms with Gasteiger partial charge in [-0.2, -0.15) is 0 Å². The largest absolute Gasteiger partial charge is 0.335 e. The summed E-state index contributed by atoms with van der Waals surface area (Å²) in [5, 5.41) is 6.72. The Balaban J connectivity index is 1.34. The van der Waals surface area contributed by atoms with Gasteiger partial charge in [-0.1, -0.05) is 42.7 Å². The van der Waals surface area contributed by atoms with Crippen molar-refractivity contribution in [3.63, 3.8) is 0 Å². The van der Waals surface area contributed by atoms with Gasteiger partial charge in [-0.25, -0.2) is 9.78 Å². The first-order valence-corrected chi connectivity index (χ1v) is 10.3. The molecule has 2 aromatic rings. The zero-order valence-electron chi connectivity index (χ0n) is 15.3. The summed E-state index contributed by atoms with van der Waals surface area (Å²) in [5.41, 5.74) is 3.79. The molecule has 0 unspecified atom stereocenters. The number of anilines is 1. The summed E-state index contributed by atoms with van der Waals surface area (Å²) in [5.74, 6) is 0. The molecule has 2 N–H and O–H groups in total. The van der Waals surface area contributed by atoms with Crippen molar-refractivity contribution in [3.05, 3.63) is 46.0 Å². The second-order valence-corrected chi connectivity index (χ2v) is 8.50. The molecule has 1 saturated carbocycles. The van der Waals surface area contributed by atoms with Crippen molar-refractivity contribution in [3.8, 4) is 0 Å². The lowest BCUT2D eigenvalue weighted by Crippen LogP contribution is -2.36. The van der Waals surface area contributed by atoms with Gasteiger partial charge in [0.05, 0.1) is 5.69 Å². The summed E-state index contributed by atoms with van der Waals surface area (Å²) in [4.78, 5) is 20.5. The molecule has 2 heterocycles. The Kier molecular flexibility index (Phi) is 5.22. The summed E-state index contributed by atoms with van der Waals surface area (Å²) in [6.45, 7) is 5.00. The van der Waals surface area contributed by atoms with Crippen LogP contribution < -0.4 is 10.6 Å². The van der Waals surface area contributed by atoms with Crippen LogP contribution >= 0.6 is 11.3 Å². The summed E-state index contributed by atoms with van der Waals surface area (Å²) in [6.07, 6.45) is 5.57. The molecule has 1 fully saturated rings. The molecule has 1 aliphatic heterocycles. The lowest BCUT2D eigenvalue weighted by atomic mass is 10.1. The number of fused-ring (bicyclic) bond motifs is 1. The van der Waals surface area contributed by atoms with Gasteiger partial charge in [0.25, 0.3) is 0 Å². The number of nitrogens with one attached hydrogen (secondary N) is 2. The molecule has 1 aromatic heterocycles. The van der Waals surface area contributed by atoms with Gasteiger partial charge in [-0.15, -0.1) is 11.3 Å². The van der Waals surface area contributed by atoms with E-state index in [0.29, 0.717) is 6.04 Å². The third kappa shape index (κ3) is 4.24. The minimum atomic E-state index is -0.112. The van der Waals surface area contributed by atoms with E-state index in [0.717, 1.165) is 49.7 Å². The fourth-order valence-electron chi connectivity index (χ4n) is 3.78. The van der Waals surface area contributed by atoms with E-state index < -0.39 is 0 Å². The van der Waals surface area contributed by atoms with E-state index in [4.69, 9.17) is 0 Å². The zero-order chi connectivity index (χ0) is 17.9. The third-order valence-corrected chi connectivity index (χ3v) is 6.25. The first kappa shape index (κ1) is 17.5. The number of thiazole rings is 1. The molecule has 0 radical (unpaired) electrons. The number of aromatic nitrogens is 1. The van der Waals surface area contributed by atoms with Gasteiger partial charge in [0.1, 0.15) is 0 Å². The molecule has 4 rings (SSSR count). The molecule has 0 saturated heterocycles. The lowest BCUT2D eigenvalue weighted by Gasteiger charge is -2.25. The van der Waals surface area contributed by atoms with E-state index >= 15 is 0 Å². The quantitative estimate of drug-likeness (QED) is 0.853. The van der Waals surface area contributed by atoms with Crippen molar-refractivity contribution in [2.24, 2.45) is 0 Å². The van der Waals surface area contributed by atoms with Crippen LogP contribution in [0.15, 0.2) is 24.3 Å². The highest BCUT2D eigenvalue weighted by molar-refractivity contribution is 7.15. The average Bonchev–Trinajstić information content (AvgIpc) is 3.25. The van der Waals surface area contributed by atoms with Crippen LogP contribution in [0.25, 0.3) is 0 Å². The topological polar surface area (TPSA) is 57.3 Å². The fourth-order valence-corrected chi connectivity index (χ4v) is 4.82. The van der Waals surface area contributed by atoms with E-state index in [1.165, 1.54) is 28.8 Å². The SMILES string of the molecule is Cc1ccc(CN2CCc3nc(NC(=O)NC4CCCC4)sc3C2)cc1. The van der Waals surface area contributed by atoms with Gasteiger partial charge in [0, 0.05) is 37.0 Å². The molecule has 0 atom stereocenters. The summed E-state index contributed by atoms with van der Waals surface area (Å²) in [6, 6.07) is 8.97. The van der Waals surface area contributed by atoms with Crippen molar-refractivity contribution in [1.82, 2.24) is 15.2 Å². The predicted molar refractivity (Wildman–Crippen MR) is 106 cm³/mol. The van der Waals surface area contributed by atoms with Gasteiger partial charge < -0.3 is 5.32 Å². The van der Waals surface area contributed by atoms with Crippen molar-refractivity contribution in [2.75, 3.05) is 11.9 Å². The average molecular weight is 371 g/mol. The molecule has 0 spiro atoms. The number of hydrogen-bond donors (Lipinski definition) is 2. The maximum absolute atomic E-state index is 12.1. The van der Waals surface area contributed by atoms with Crippen LogP contribution in [0.3, 0.4) is 0 Å². The van der Waals surface area contributed by atoms with E-state index in [1.54, 1.807) is 11.3 Å². The molecule has 138 valence electrons. The Morgan fingerprint density at radius 2 is 2.04 bits per heavy atom. The van der Waals surface area contributed by atoms with Crippen LogP contribution in [0.1, 0.15) is 47.4 Å². The van der Waals surface area contributed by atoms with E-state index in [1.807, 2.05) is 0 Å². The number of carbonyl (C=O) groups excluding carboxylic acids is 1. The second kappa shape index (κ2) is 7.76. The van der Waals surface area contributed by atoms with Crippen molar-refractivity contribution in [1.29, 1.82) is 0 Å². The fraction of sp³-hybridized carbons (Fsp3) is 0.500. The smallest absolute Gasteiger partial charge is 0.321 e. The zero-order valence-corrected chi connectivity index (χ0v) is 16.1. The third-order valence-electron chi connectivity index (χ3n) is 5.25. The molecule has 1 aromatic carbocycles. The highest BCUT2D eigenvalue weighted by atomic mass is 32.1. The number of hydrogen-bond acceptors (Lipinski definition) is 4. The van der Waals surface area contributed by atoms with Crippen LogP contribution in [0.2, 0.25) is 0 Å². The van der Waals surface area contributed by atoms with Crippen LogP contribution in [0, 0.1) is 6.92 Å². The number of carbonyl (C=O) groups is 1. The van der Waals surface area contributed by atoms with Crippen molar-refractivity contribution >= 4 is 22.5 Å². The first-order chi connectivity index (χ1) is 12.7. The Morgan fingerprint density at radius 3 is 2.81 bits per heavy atom. The number of urea groups is 1. The number of aryl methyl sites for hydroxylation is 1. The van der Waals surface area contributed by atoms with E-state index in [2.05, 4.69) is 51.7 Å². The standard InChI is InChI=1S/C20H26N4OS/c1-14-6-8-15(9-7-14)12-24-11-10-17-18(13-24)26-20(22-17)23-19(25)21-16-4-2-3-5-16/h6-9,16H,2-5,10-13H2,1H3,(H2,21,22,23,25). The maximum atomic E-state index is 12.1.